The van der Waals surface area contributed by atoms with Crippen LogP contribution in [0.15, 0.2) is 121 Å². The summed E-state index contributed by atoms with van der Waals surface area (Å²) in [5.74, 6) is -3.49. The first kappa shape index (κ1) is 53.8. The first-order chi connectivity index (χ1) is 32.6. The molecular weight excluding hydrogens is 869 g/mol. The molecule has 0 saturated carbocycles. The van der Waals surface area contributed by atoms with Crippen LogP contribution in [0.5, 0.6) is 0 Å². The monoisotopic (exact) mass is 936 g/mol. The van der Waals surface area contributed by atoms with Gasteiger partial charge in [-0.2, -0.15) is 0 Å². The maximum Gasteiger partial charge on any atom is 0.408 e. The summed E-state index contributed by atoms with van der Waals surface area (Å²) in [6.45, 7) is 10.3. The molecule has 0 unspecified atom stereocenters. The highest BCUT2D eigenvalue weighted by Crippen LogP contribution is 2.17. The molecule has 0 aliphatic carbocycles. The molecule has 0 aliphatic heterocycles. The number of benzene rings is 4. The molecule has 0 radical (unpaired) electrons. The lowest BCUT2D eigenvalue weighted by Gasteiger charge is -2.35. The molecular formula is C52H68N6O10. The Labute approximate surface area is 399 Å². The fourth-order valence-corrected chi connectivity index (χ4v) is 7.37. The van der Waals surface area contributed by atoms with E-state index in [0.29, 0.717) is 11.1 Å². The number of nitrogens with one attached hydrogen (secondary N) is 6. The van der Waals surface area contributed by atoms with Gasteiger partial charge in [0.2, 0.25) is 23.6 Å². The Morgan fingerprint density at radius 2 is 0.721 bits per heavy atom. The Morgan fingerprint density at radius 3 is 1.00 bits per heavy atom. The van der Waals surface area contributed by atoms with Crippen LogP contribution in [0.1, 0.15) is 76.6 Å². The Bertz CT molecular complexity index is 2030. The first-order valence-corrected chi connectivity index (χ1v) is 23.2. The minimum atomic E-state index is -1.69. The largest absolute Gasteiger partial charge is 0.445 e. The summed E-state index contributed by atoms with van der Waals surface area (Å²) in [5, 5.41) is 40.6. The number of rotatable bonds is 25. The molecule has 0 spiro atoms. The van der Waals surface area contributed by atoms with Gasteiger partial charge in [0.25, 0.3) is 0 Å². The van der Waals surface area contributed by atoms with Crippen molar-refractivity contribution >= 4 is 35.8 Å². The summed E-state index contributed by atoms with van der Waals surface area (Å²) < 4.78 is 10.6. The molecule has 0 fully saturated rings. The zero-order valence-corrected chi connectivity index (χ0v) is 39.7. The molecule has 16 heteroatoms. The predicted octanol–water partition coefficient (Wildman–Crippen LogP) is 4.85. The molecule has 8 atom stereocenters. The van der Waals surface area contributed by atoms with Gasteiger partial charge in [-0.15, -0.1) is 0 Å². The number of carbonyl (C=O) groups excluding carboxylic acids is 6. The molecule has 0 aliphatic rings. The maximum absolute atomic E-state index is 14.2. The number of aliphatic hydroxyl groups is 2. The van der Waals surface area contributed by atoms with Gasteiger partial charge in [-0.3, -0.25) is 19.2 Å². The van der Waals surface area contributed by atoms with Gasteiger partial charge in [0.15, 0.2) is 0 Å². The van der Waals surface area contributed by atoms with E-state index >= 15 is 0 Å². The normalized spacial score (nSPS) is 14.7. The van der Waals surface area contributed by atoms with E-state index in [0.717, 1.165) is 11.1 Å². The zero-order valence-electron chi connectivity index (χ0n) is 39.7. The fourth-order valence-electron chi connectivity index (χ4n) is 7.37. The van der Waals surface area contributed by atoms with Crippen molar-refractivity contribution in [3.05, 3.63) is 144 Å². The standard InChI is InChI=1S/C52H68N6O10/c1-7-39(55-51(65)67-31-37-25-17-11-18-26-37)47(61)57-43(33(3)4)49(63)53-41(29-35-21-13-9-14-22-35)45(59)46(60)42(30-36-23-15-10-16-24-36)54-50(64)44(34(5)6)58-48(62)40(8-2)56-52(66)68-32-38-27-19-12-20-28-38/h9-28,33-34,39-46,59-60H,7-8,29-32H2,1-6H3,(H,53,63)(H,54,64)(H,55,65)(H,56,66)(H,57,61)(H,58,62)/t39-,40-,41-,42-,43-,44-,45+,46+/m0/s1. The summed E-state index contributed by atoms with van der Waals surface area (Å²) in [7, 11) is 0. The summed E-state index contributed by atoms with van der Waals surface area (Å²) >= 11 is 0. The van der Waals surface area contributed by atoms with Crippen LogP contribution in [-0.4, -0.2) is 94.5 Å². The highest BCUT2D eigenvalue weighted by atomic mass is 16.6. The number of ether oxygens (including phenoxy) is 2. The molecule has 0 heterocycles. The highest BCUT2D eigenvalue weighted by molar-refractivity contribution is 5.92. The first-order valence-electron chi connectivity index (χ1n) is 23.2. The van der Waals surface area contributed by atoms with E-state index in [2.05, 4.69) is 31.9 Å². The summed E-state index contributed by atoms with van der Waals surface area (Å²) in [6, 6.07) is 29.5. The van der Waals surface area contributed by atoms with E-state index in [1.807, 2.05) is 48.5 Å². The van der Waals surface area contributed by atoms with Crippen molar-refractivity contribution in [3.63, 3.8) is 0 Å². The Balaban J connectivity index is 1.52. The Kier molecular flexibility index (Phi) is 22.0. The summed E-state index contributed by atoms with van der Waals surface area (Å²) in [5.41, 5.74) is 2.96. The van der Waals surface area contributed by atoms with Crippen molar-refractivity contribution in [2.24, 2.45) is 11.8 Å². The van der Waals surface area contributed by atoms with Gasteiger partial charge in [-0.1, -0.05) is 163 Å². The van der Waals surface area contributed by atoms with Crippen LogP contribution in [0.25, 0.3) is 0 Å². The van der Waals surface area contributed by atoms with Gasteiger partial charge >= 0.3 is 12.2 Å². The number of hydrogen-bond donors (Lipinski definition) is 8. The van der Waals surface area contributed by atoms with Crippen molar-refractivity contribution in [2.45, 2.75) is 129 Å². The zero-order chi connectivity index (χ0) is 49.6. The van der Waals surface area contributed by atoms with E-state index in [-0.39, 0.29) is 38.9 Å². The van der Waals surface area contributed by atoms with Crippen LogP contribution in [0.4, 0.5) is 9.59 Å². The predicted molar refractivity (Wildman–Crippen MR) is 257 cm³/mol. The molecule has 0 saturated heterocycles. The van der Waals surface area contributed by atoms with Gasteiger partial charge in [0.1, 0.15) is 49.6 Å². The van der Waals surface area contributed by atoms with Crippen LogP contribution < -0.4 is 31.9 Å². The van der Waals surface area contributed by atoms with Crippen LogP contribution >= 0.6 is 0 Å². The second kappa shape index (κ2) is 27.8. The number of alkyl carbamates (subject to hydrolysis) is 2. The van der Waals surface area contributed by atoms with Gasteiger partial charge in [-0.25, -0.2) is 9.59 Å². The van der Waals surface area contributed by atoms with Crippen molar-refractivity contribution in [1.82, 2.24) is 31.9 Å². The molecule has 68 heavy (non-hydrogen) atoms. The number of aliphatic hydroxyl groups excluding tert-OH is 2. The quantitative estimate of drug-likeness (QED) is 0.0450. The second-order valence-corrected chi connectivity index (χ2v) is 17.4. The summed E-state index contributed by atoms with van der Waals surface area (Å²) in [6.07, 6.45) is -4.52. The lowest BCUT2D eigenvalue weighted by Crippen LogP contribution is -2.62. The molecule has 6 amide bonds. The van der Waals surface area contributed by atoms with Gasteiger partial charge in [0, 0.05) is 0 Å². The van der Waals surface area contributed by atoms with Crippen molar-refractivity contribution in [2.75, 3.05) is 0 Å². The smallest absolute Gasteiger partial charge is 0.408 e. The van der Waals surface area contributed by atoms with Crippen LogP contribution in [0.3, 0.4) is 0 Å². The summed E-state index contributed by atoms with van der Waals surface area (Å²) in [4.78, 5) is 81.0. The van der Waals surface area contributed by atoms with Crippen LogP contribution in [0, 0.1) is 11.8 Å². The average molecular weight is 937 g/mol. The second-order valence-electron chi connectivity index (χ2n) is 17.4. The van der Waals surface area contributed by atoms with Crippen molar-refractivity contribution in [3.8, 4) is 0 Å². The number of amides is 6. The van der Waals surface area contributed by atoms with E-state index < -0.39 is 96.1 Å². The van der Waals surface area contributed by atoms with Crippen LogP contribution in [0.2, 0.25) is 0 Å². The molecule has 16 nitrogen and oxygen atoms in total. The van der Waals surface area contributed by atoms with E-state index in [9.17, 15) is 39.0 Å². The third-order valence-electron chi connectivity index (χ3n) is 11.4. The van der Waals surface area contributed by atoms with Crippen molar-refractivity contribution in [1.29, 1.82) is 0 Å². The Morgan fingerprint density at radius 1 is 0.426 bits per heavy atom. The highest BCUT2D eigenvalue weighted by Gasteiger charge is 2.38. The molecule has 4 aromatic carbocycles. The lowest BCUT2D eigenvalue weighted by atomic mass is 9.90. The van der Waals surface area contributed by atoms with Gasteiger partial charge in [-0.05, 0) is 59.8 Å². The third-order valence-corrected chi connectivity index (χ3v) is 11.4. The minimum absolute atomic E-state index is 0.00381. The minimum Gasteiger partial charge on any atom is -0.445 e. The molecule has 0 bridgehead atoms. The lowest BCUT2D eigenvalue weighted by molar-refractivity contribution is -0.133. The molecule has 366 valence electrons. The number of hydrogen-bond acceptors (Lipinski definition) is 10. The topological polar surface area (TPSA) is 234 Å². The SMILES string of the molecule is CC[C@H](NC(=O)OCc1ccccc1)C(=O)N[C@H](C(=O)N[C@@H](Cc1ccccc1)[C@@H](O)[C@H](O)[C@H](Cc1ccccc1)NC(=O)[C@@H](NC(=O)[C@H](CC)NC(=O)OCc1ccccc1)C(C)C)C(C)C. The number of carbonyl (C=O) groups is 6. The van der Waals surface area contributed by atoms with E-state index in [1.54, 1.807) is 114 Å². The third kappa shape index (κ3) is 17.5. The average Bonchev–Trinajstić information content (AvgIpc) is 3.34. The van der Waals surface area contributed by atoms with Crippen molar-refractivity contribution < 1.29 is 48.5 Å². The molecule has 4 aromatic rings. The van der Waals surface area contributed by atoms with E-state index in [1.165, 1.54) is 0 Å². The Hall–Kier alpha value is -6.78. The molecule has 0 aromatic heterocycles. The maximum atomic E-state index is 14.2. The van der Waals surface area contributed by atoms with Crippen LogP contribution in [-0.2, 0) is 54.7 Å². The molecule has 8 N–H and O–H groups in total. The van der Waals surface area contributed by atoms with E-state index in [4.69, 9.17) is 9.47 Å². The molecule has 4 rings (SSSR count). The fraction of sp³-hybridized carbons (Fsp3) is 0.423. The van der Waals surface area contributed by atoms with Gasteiger partial charge in [0.05, 0.1) is 12.1 Å². The van der Waals surface area contributed by atoms with Gasteiger partial charge < -0.3 is 51.6 Å².